The minimum Gasteiger partial charge on any atom is -0.497 e. The molecule has 9 heteroatoms. The fraction of sp³-hybridized carbons (Fsp3) is 0.214. The number of methoxy groups -OCH3 is 2. The molecule has 0 saturated carbocycles. The number of Topliss-reactive ketones (excluding diaryl/α,β-unsaturated/α-hetero) is 1. The van der Waals surface area contributed by atoms with Crippen molar-refractivity contribution < 1.29 is 23.8 Å². The Balaban J connectivity index is 1.52. The highest BCUT2D eigenvalue weighted by Crippen LogP contribution is 2.28. The second-order valence-corrected chi connectivity index (χ2v) is 8.30. The third kappa shape index (κ3) is 6.39. The summed E-state index contributed by atoms with van der Waals surface area (Å²) in [4.78, 5) is 33.4. The summed E-state index contributed by atoms with van der Waals surface area (Å²) >= 11 is 0. The first kappa shape index (κ1) is 25.6. The fourth-order valence-electron chi connectivity index (χ4n) is 3.90. The number of amides is 1. The standard InChI is InChI=1S/C28H28N4O5/c1-35-10-11-37-22-14-23(27(29)34)26-24(15-22)28(32-17-31-26)30-16-19-5-3-4-18(12-19)13-25(33)20-6-8-21(36-2)9-7-20/h3-9,12,14-15,17H,10-11,13,16H2,1-2H3,(H2,29,34)(H,30,31,32). The molecule has 4 aromatic rings. The minimum atomic E-state index is -0.610. The maximum Gasteiger partial charge on any atom is 0.251 e. The van der Waals surface area contributed by atoms with E-state index in [4.69, 9.17) is 19.9 Å². The first-order valence-corrected chi connectivity index (χ1v) is 11.7. The highest BCUT2D eigenvalue weighted by atomic mass is 16.5. The van der Waals surface area contributed by atoms with Crippen molar-refractivity contribution in [1.82, 2.24) is 9.97 Å². The van der Waals surface area contributed by atoms with Crippen molar-refractivity contribution in [3.8, 4) is 11.5 Å². The van der Waals surface area contributed by atoms with Gasteiger partial charge in [0, 0.05) is 31.0 Å². The summed E-state index contributed by atoms with van der Waals surface area (Å²) in [7, 11) is 3.17. The van der Waals surface area contributed by atoms with Crippen molar-refractivity contribution in [2.24, 2.45) is 5.73 Å². The van der Waals surface area contributed by atoms with Crippen LogP contribution in [-0.2, 0) is 17.7 Å². The van der Waals surface area contributed by atoms with E-state index in [1.807, 2.05) is 24.3 Å². The Morgan fingerprint density at radius 1 is 0.919 bits per heavy atom. The lowest BCUT2D eigenvalue weighted by Crippen LogP contribution is -2.14. The monoisotopic (exact) mass is 500 g/mol. The molecule has 0 saturated heterocycles. The van der Waals surface area contributed by atoms with Gasteiger partial charge in [-0.1, -0.05) is 24.3 Å². The predicted molar refractivity (Wildman–Crippen MR) is 140 cm³/mol. The molecule has 1 amide bonds. The molecule has 3 N–H and O–H groups in total. The molecule has 3 aromatic carbocycles. The zero-order valence-corrected chi connectivity index (χ0v) is 20.7. The molecule has 0 aliphatic carbocycles. The summed E-state index contributed by atoms with van der Waals surface area (Å²) in [6, 6.07) is 18.2. The van der Waals surface area contributed by atoms with Crippen LogP contribution in [0.4, 0.5) is 5.82 Å². The Kier molecular flexibility index (Phi) is 8.27. The summed E-state index contributed by atoms with van der Waals surface area (Å²) in [5.74, 6) is 1.12. The number of carbonyl (C=O) groups is 2. The summed E-state index contributed by atoms with van der Waals surface area (Å²) in [6.45, 7) is 1.16. The summed E-state index contributed by atoms with van der Waals surface area (Å²) < 4.78 is 15.9. The van der Waals surface area contributed by atoms with Gasteiger partial charge >= 0.3 is 0 Å². The first-order chi connectivity index (χ1) is 18.0. The second kappa shape index (κ2) is 12.0. The largest absolute Gasteiger partial charge is 0.497 e. The SMILES string of the molecule is COCCOc1cc(C(N)=O)c2ncnc(NCc3cccc(CC(=O)c4ccc(OC)cc4)c3)c2c1. The molecule has 9 nitrogen and oxygen atoms in total. The molecule has 1 aromatic heterocycles. The van der Waals surface area contributed by atoms with Crippen molar-refractivity contribution in [3.05, 3.63) is 89.2 Å². The number of anilines is 1. The van der Waals surface area contributed by atoms with Crippen LogP contribution >= 0.6 is 0 Å². The number of ketones is 1. The predicted octanol–water partition coefficient (Wildman–Crippen LogP) is 3.80. The number of rotatable bonds is 12. The number of fused-ring (bicyclic) bond motifs is 1. The molecule has 190 valence electrons. The number of benzene rings is 3. The molecule has 0 aliphatic rings. The lowest BCUT2D eigenvalue weighted by molar-refractivity contribution is 0.0987. The molecule has 0 fully saturated rings. The van der Waals surface area contributed by atoms with Crippen molar-refractivity contribution in [2.45, 2.75) is 13.0 Å². The topological polar surface area (TPSA) is 126 Å². The lowest BCUT2D eigenvalue weighted by atomic mass is 10.0. The van der Waals surface area contributed by atoms with Crippen molar-refractivity contribution in [2.75, 3.05) is 32.8 Å². The Morgan fingerprint density at radius 2 is 1.70 bits per heavy atom. The second-order valence-electron chi connectivity index (χ2n) is 8.30. The quantitative estimate of drug-likeness (QED) is 0.222. The van der Waals surface area contributed by atoms with E-state index in [0.717, 1.165) is 11.1 Å². The maximum absolute atomic E-state index is 12.7. The van der Waals surface area contributed by atoms with Crippen LogP contribution in [-0.4, -0.2) is 49.1 Å². The van der Waals surface area contributed by atoms with Crippen LogP contribution in [0.3, 0.4) is 0 Å². The minimum absolute atomic E-state index is 0.0227. The van der Waals surface area contributed by atoms with E-state index in [0.29, 0.717) is 53.5 Å². The number of nitrogens with two attached hydrogens (primary N) is 1. The summed E-state index contributed by atoms with van der Waals surface area (Å²) in [5, 5.41) is 3.92. The van der Waals surface area contributed by atoms with Crippen molar-refractivity contribution in [3.63, 3.8) is 0 Å². The molecule has 4 rings (SSSR count). The van der Waals surface area contributed by atoms with Crippen LogP contribution in [0.2, 0.25) is 0 Å². The van der Waals surface area contributed by atoms with Gasteiger partial charge in [-0.2, -0.15) is 0 Å². The molecule has 37 heavy (non-hydrogen) atoms. The Hall–Kier alpha value is -4.50. The van der Waals surface area contributed by atoms with Gasteiger partial charge < -0.3 is 25.3 Å². The Morgan fingerprint density at radius 3 is 2.43 bits per heavy atom. The number of ether oxygens (including phenoxy) is 3. The van der Waals surface area contributed by atoms with Crippen LogP contribution in [0.5, 0.6) is 11.5 Å². The first-order valence-electron chi connectivity index (χ1n) is 11.7. The zero-order valence-electron chi connectivity index (χ0n) is 20.7. The average molecular weight is 501 g/mol. The van der Waals surface area contributed by atoms with Gasteiger partial charge in [-0.25, -0.2) is 9.97 Å². The number of hydrogen-bond acceptors (Lipinski definition) is 8. The number of nitrogens with one attached hydrogen (secondary N) is 1. The number of carbonyl (C=O) groups excluding carboxylic acids is 2. The smallest absolute Gasteiger partial charge is 0.251 e. The number of primary amides is 1. The van der Waals surface area contributed by atoms with E-state index in [2.05, 4.69) is 15.3 Å². The molecule has 1 heterocycles. The average Bonchev–Trinajstić information content (AvgIpc) is 2.91. The van der Waals surface area contributed by atoms with Crippen LogP contribution in [0.1, 0.15) is 31.8 Å². The van der Waals surface area contributed by atoms with E-state index in [-0.39, 0.29) is 17.8 Å². The van der Waals surface area contributed by atoms with E-state index >= 15 is 0 Å². The molecule has 0 aliphatic heterocycles. The third-order valence-electron chi connectivity index (χ3n) is 5.76. The van der Waals surface area contributed by atoms with Crippen LogP contribution in [0.15, 0.2) is 67.0 Å². The Bertz CT molecular complexity index is 1410. The molecule has 0 radical (unpaired) electrons. The normalized spacial score (nSPS) is 10.8. The maximum atomic E-state index is 12.7. The molecular weight excluding hydrogens is 472 g/mol. The van der Waals surface area contributed by atoms with Crippen LogP contribution in [0.25, 0.3) is 10.9 Å². The van der Waals surface area contributed by atoms with Crippen LogP contribution < -0.4 is 20.5 Å². The van der Waals surface area contributed by atoms with Crippen molar-refractivity contribution >= 4 is 28.4 Å². The molecule has 0 bridgehead atoms. The Labute approximate surface area is 214 Å². The van der Waals surface area contributed by atoms with Gasteiger partial charge in [0.15, 0.2) is 5.78 Å². The van der Waals surface area contributed by atoms with Gasteiger partial charge in [-0.3, -0.25) is 9.59 Å². The number of aromatic nitrogens is 2. The molecule has 0 spiro atoms. The van der Waals surface area contributed by atoms with E-state index in [1.165, 1.54) is 6.33 Å². The van der Waals surface area contributed by atoms with E-state index in [9.17, 15) is 9.59 Å². The molecule has 0 unspecified atom stereocenters. The van der Waals surface area contributed by atoms with Gasteiger partial charge in [0.05, 0.1) is 24.8 Å². The number of nitrogens with zero attached hydrogens (tertiary/aromatic N) is 2. The number of hydrogen-bond donors (Lipinski definition) is 2. The summed E-state index contributed by atoms with van der Waals surface area (Å²) in [6.07, 6.45) is 1.66. The van der Waals surface area contributed by atoms with E-state index in [1.54, 1.807) is 50.6 Å². The van der Waals surface area contributed by atoms with Gasteiger partial charge in [-0.05, 0) is 47.5 Å². The van der Waals surface area contributed by atoms with Gasteiger partial charge in [0.2, 0.25) is 0 Å². The van der Waals surface area contributed by atoms with E-state index < -0.39 is 5.91 Å². The zero-order chi connectivity index (χ0) is 26.2. The van der Waals surface area contributed by atoms with Crippen LogP contribution in [0, 0.1) is 0 Å². The molecular formula is C28H28N4O5. The van der Waals surface area contributed by atoms with Gasteiger partial charge in [0.25, 0.3) is 5.91 Å². The van der Waals surface area contributed by atoms with Crippen molar-refractivity contribution in [1.29, 1.82) is 0 Å². The molecule has 0 atom stereocenters. The summed E-state index contributed by atoms with van der Waals surface area (Å²) in [5.41, 5.74) is 8.77. The van der Waals surface area contributed by atoms with Gasteiger partial charge in [0.1, 0.15) is 30.3 Å². The fourth-order valence-corrected chi connectivity index (χ4v) is 3.90. The highest BCUT2D eigenvalue weighted by Gasteiger charge is 2.15. The third-order valence-corrected chi connectivity index (χ3v) is 5.76. The lowest BCUT2D eigenvalue weighted by Gasteiger charge is -2.13. The van der Waals surface area contributed by atoms with Gasteiger partial charge in [-0.15, -0.1) is 0 Å². The highest BCUT2D eigenvalue weighted by molar-refractivity contribution is 6.07.